The van der Waals surface area contributed by atoms with Crippen molar-refractivity contribution in [3.05, 3.63) is 70.6 Å². The zero-order valence-corrected chi connectivity index (χ0v) is 20.3. The maximum absolute atomic E-state index is 13.2. The van der Waals surface area contributed by atoms with Gasteiger partial charge in [-0.3, -0.25) is 0 Å². The second kappa shape index (κ2) is 7.84. The third-order valence-corrected chi connectivity index (χ3v) is 9.43. The van der Waals surface area contributed by atoms with Crippen LogP contribution in [0.25, 0.3) is 0 Å². The van der Waals surface area contributed by atoms with E-state index in [2.05, 4.69) is 15.0 Å². The van der Waals surface area contributed by atoms with E-state index >= 15 is 0 Å². The van der Waals surface area contributed by atoms with Crippen LogP contribution in [0.4, 0.5) is 11.7 Å². The van der Waals surface area contributed by atoms with Crippen LogP contribution in [0, 0.1) is 31.6 Å². The van der Waals surface area contributed by atoms with E-state index in [1.807, 2.05) is 12.1 Å². The van der Waals surface area contributed by atoms with Gasteiger partial charge < -0.3 is 14.8 Å². The highest BCUT2D eigenvalue weighted by atomic mass is 32.2. The van der Waals surface area contributed by atoms with Crippen molar-refractivity contribution in [3.63, 3.8) is 0 Å². The van der Waals surface area contributed by atoms with Gasteiger partial charge in [-0.25, -0.2) is 17.9 Å². The van der Waals surface area contributed by atoms with Gasteiger partial charge in [0.25, 0.3) is 10.0 Å². The lowest BCUT2D eigenvalue weighted by Gasteiger charge is -2.43. The van der Waals surface area contributed by atoms with Crippen LogP contribution in [0.1, 0.15) is 64.2 Å². The average molecular weight is 494 g/mol. The van der Waals surface area contributed by atoms with Crippen molar-refractivity contribution < 1.29 is 22.7 Å². The quantitative estimate of drug-likeness (QED) is 0.453. The van der Waals surface area contributed by atoms with E-state index in [1.54, 1.807) is 44.2 Å². The topological polar surface area (TPSA) is 122 Å². The molecule has 3 aliphatic rings. The lowest BCUT2D eigenvalue weighted by Crippen LogP contribution is -2.35. The molecule has 1 aromatic heterocycles. The number of benzene rings is 2. The Kier molecular flexibility index (Phi) is 4.96. The normalized spacial score (nSPS) is 26.6. The van der Waals surface area contributed by atoms with E-state index in [0.717, 1.165) is 36.1 Å². The van der Waals surface area contributed by atoms with Gasteiger partial charge in [-0.05, 0) is 98.2 Å². The molecule has 3 N–H and O–H groups in total. The number of carboxylic acid groups (broad SMARTS) is 1. The average Bonchev–Trinajstić information content (AvgIpc) is 3.53. The molecule has 9 heteroatoms. The number of fused-ring (bicyclic) bond motifs is 7. The molecule has 0 amide bonds. The van der Waals surface area contributed by atoms with E-state index in [1.165, 1.54) is 0 Å². The molecular weight excluding hydrogens is 466 g/mol. The minimum absolute atomic E-state index is 0.0130. The van der Waals surface area contributed by atoms with Gasteiger partial charge in [0.2, 0.25) is 0 Å². The molecular formula is C26H27N3O5S. The van der Waals surface area contributed by atoms with Crippen molar-refractivity contribution in [3.8, 4) is 0 Å². The van der Waals surface area contributed by atoms with Crippen molar-refractivity contribution >= 4 is 27.7 Å². The first-order chi connectivity index (χ1) is 16.7. The number of rotatable bonds is 5. The lowest BCUT2D eigenvalue weighted by atomic mass is 9.68. The van der Waals surface area contributed by atoms with E-state index < -0.39 is 16.0 Å². The summed E-state index contributed by atoms with van der Waals surface area (Å²) in [7, 11) is -3.87. The zero-order valence-electron chi connectivity index (χ0n) is 19.5. The number of aryl methyl sites for hydroxylation is 2. The summed E-state index contributed by atoms with van der Waals surface area (Å²) in [5.74, 6) is 1.17. The maximum Gasteiger partial charge on any atom is 0.335 e. The van der Waals surface area contributed by atoms with Crippen molar-refractivity contribution in [2.45, 2.75) is 50.0 Å². The summed E-state index contributed by atoms with van der Waals surface area (Å²) in [5, 5.41) is 13.1. The molecule has 3 aromatic rings. The van der Waals surface area contributed by atoms with Gasteiger partial charge in [-0.2, -0.15) is 4.98 Å². The van der Waals surface area contributed by atoms with Gasteiger partial charge >= 0.3 is 12.0 Å². The smallest absolute Gasteiger partial charge is 0.335 e. The first-order valence-corrected chi connectivity index (χ1v) is 13.4. The van der Waals surface area contributed by atoms with Gasteiger partial charge in [0.1, 0.15) is 5.76 Å². The Hall–Kier alpha value is -3.33. The molecule has 0 saturated heterocycles. The van der Waals surface area contributed by atoms with E-state index in [9.17, 15) is 18.3 Å². The first-order valence-electron chi connectivity index (χ1n) is 11.9. The Bertz CT molecular complexity index is 1430. The van der Waals surface area contributed by atoms with Crippen LogP contribution < -0.4 is 10.0 Å². The number of hydrogen-bond acceptors (Lipinski definition) is 6. The predicted octanol–water partition coefficient (Wildman–Crippen LogP) is 5.09. The molecule has 0 unspecified atom stereocenters. The summed E-state index contributed by atoms with van der Waals surface area (Å²) in [6.45, 7) is 3.50. The van der Waals surface area contributed by atoms with E-state index in [0.29, 0.717) is 23.3 Å². The first kappa shape index (κ1) is 22.2. The monoisotopic (exact) mass is 493 g/mol. The highest BCUT2D eigenvalue weighted by Crippen LogP contribution is 2.63. The Labute approximate surface area is 203 Å². The largest absolute Gasteiger partial charge is 0.478 e. The highest BCUT2D eigenvalue weighted by Gasteiger charge is 2.54. The van der Waals surface area contributed by atoms with Crippen LogP contribution in [0.2, 0.25) is 0 Å². The third-order valence-electron chi connectivity index (χ3n) is 8.11. The molecule has 0 spiro atoms. The molecule has 6 rings (SSSR count). The second-order valence-corrected chi connectivity index (χ2v) is 11.7. The molecule has 2 heterocycles. The Morgan fingerprint density at radius 3 is 2.69 bits per heavy atom. The van der Waals surface area contributed by atoms with Crippen molar-refractivity contribution in [1.29, 1.82) is 0 Å². The second-order valence-electron chi connectivity index (χ2n) is 10.0. The predicted molar refractivity (Wildman–Crippen MR) is 130 cm³/mol. The number of nitrogens with one attached hydrogen (secondary N) is 2. The van der Waals surface area contributed by atoms with Crippen molar-refractivity contribution in [2.24, 2.45) is 17.8 Å². The number of sulfonamides is 1. The van der Waals surface area contributed by atoms with Crippen LogP contribution in [0.5, 0.6) is 0 Å². The molecule has 2 aromatic carbocycles. The number of oxazole rings is 1. The minimum Gasteiger partial charge on any atom is -0.478 e. The Morgan fingerprint density at radius 1 is 1.14 bits per heavy atom. The van der Waals surface area contributed by atoms with Crippen LogP contribution >= 0.6 is 0 Å². The third kappa shape index (κ3) is 3.60. The molecule has 8 nitrogen and oxygen atoms in total. The van der Waals surface area contributed by atoms with E-state index in [4.69, 9.17) is 4.42 Å². The fraction of sp³-hybridized carbons (Fsp3) is 0.385. The molecule has 0 radical (unpaired) electrons. The summed E-state index contributed by atoms with van der Waals surface area (Å²) in [6.07, 6.45) is 3.41. The number of anilines is 2. The summed E-state index contributed by atoms with van der Waals surface area (Å²) in [4.78, 5) is 15.9. The highest BCUT2D eigenvalue weighted by molar-refractivity contribution is 7.92. The molecule has 2 fully saturated rings. The Morgan fingerprint density at radius 2 is 1.94 bits per heavy atom. The summed E-state index contributed by atoms with van der Waals surface area (Å²) >= 11 is 0. The van der Waals surface area contributed by atoms with Crippen molar-refractivity contribution in [1.82, 2.24) is 4.98 Å². The molecule has 35 heavy (non-hydrogen) atoms. The number of carbonyl (C=O) groups is 1. The number of carboxylic acids is 1. The van der Waals surface area contributed by atoms with E-state index in [-0.39, 0.29) is 34.4 Å². The minimum atomic E-state index is -3.87. The molecule has 2 aliphatic carbocycles. The number of nitrogens with zero attached hydrogens (tertiary/aromatic N) is 1. The van der Waals surface area contributed by atoms with Gasteiger partial charge in [0.15, 0.2) is 0 Å². The molecule has 182 valence electrons. The van der Waals surface area contributed by atoms with Gasteiger partial charge in [-0.15, -0.1) is 0 Å². The standard InChI is InChI=1S/C26H27N3O5S/c1-13-14(2)34-26(27-13)29-35(32,33)19-8-9-21-20(12-19)22-15-6-7-16(10-15)23(22)24(28-21)17-4-3-5-18(11-17)25(30)31/h3-5,8-9,11-12,15-16,22-24,28H,6-7,10H2,1-2H3,(H,27,29)(H,30,31)/t15-,16-,22-,23-,24+/m0/s1. The van der Waals surface area contributed by atoms with Gasteiger partial charge in [0, 0.05) is 5.69 Å². The summed E-state index contributed by atoms with van der Waals surface area (Å²) < 4.78 is 34.2. The molecule has 1 aliphatic heterocycles. The van der Waals surface area contributed by atoms with Crippen LogP contribution in [0.15, 0.2) is 51.8 Å². The molecule has 2 saturated carbocycles. The number of aromatic carboxylic acids is 1. The summed E-state index contributed by atoms with van der Waals surface area (Å²) in [6, 6.07) is 12.3. The van der Waals surface area contributed by atoms with Crippen LogP contribution in [-0.4, -0.2) is 24.5 Å². The SMILES string of the molecule is Cc1nc(NS(=O)(=O)c2ccc3c(c2)[C@@H]2[C@H]4CC[C@@H](C4)[C@@H]2[C@@H](c2cccc(C(=O)O)c2)N3)oc1C. The zero-order chi connectivity index (χ0) is 24.5. The Balaban J connectivity index is 1.38. The van der Waals surface area contributed by atoms with Gasteiger partial charge in [0.05, 0.1) is 22.2 Å². The number of aromatic nitrogens is 1. The van der Waals surface area contributed by atoms with Crippen LogP contribution in [-0.2, 0) is 10.0 Å². The summed E-state index contributed by atoms with van der Waals surface area (Å²) in [5.41, 5.74) is 3.81. The fourth-order valence-electron chi connectivity index (χ4n) is 6.52. The fourth-order valence-corrected chi connectivity index (χ4v) is 7.48. The van der Waals surface area contributed by atoms with Gasteiger partial charge in [-0.1, -0.05) is 12.1 Å². The lowest BCUT2D eigenvalue weighted by molar-refractivity contribution is 0.0696. The van der Waals surface area contributed by atoms with Crippen molar-refractivity contribution in [2.75, 3.05) is 10.0 Å². The maximum atomic E-state index is 13.2. The molecule has 5 atom stereocenters. The van der Waals surface area contributed by atoms with Crippen LogP contribution in [0.3, 0.4) is 0 Å². The molecule has 2 bridgehead atoms. The number of hydrogen-bond donors (Lipinski definition) is 3.